The molecule has 1 aromatic heterocycles. The molecular formula is C29H36ClN3O2S. The molecule has 2 heterocycles. The van der Waals surface area contributed by atoms with Crippen LogP contribution in [-0.4, -0.2) is 39.7 Å². The number of amides is 1. The van der Waals surface area contributed by atoms with Crippen molar-refractivity contribution in [1.29, 1.82) is 0 Å². The van der Waals surface area contributed by atoms with Gasteiger partial charge in [0, 0.05) is 22.5 Å². The molecule has 0 spiro atoms. The van der Waals surface area contributed by atoms with Crippen LogP contribution in [0.1, 0.15) is 81.2 Å². The molecule has 5 nitrogen and oxygen atoms in total. The lowest BCUT2D eigenvalue weighted by Gasteiger charge is -2.31. The highest BCUT2D eigenvalue weighted by Crippen LogP contribution is 2.39. The summed E-state index contributed by atoms with van der Waals surface area (Å²) >= 11 is 7.90. The molecule has 0 N–H and O–H groups in total. The van der Waals surface area contributed by atoms with Crippen LogP contribution >= 0.6 is 23.4 Å². The fraction of sp³-hybridized carbons (Fsp3) is 0.517. The van der Waals surface area contributed by atoms with Crippen molar-refractivity contribution in [3.8, 4) is 11.4 Å². The monoisotopic (exact) mass is 525 g/mol. The molecule has 7 heteroatoms. The molecule has 2 aliphatic carbocycles. The summed E-state index contributed by atoms with van der Waals surface area (Å²) in [5.41, 5.74) is 4.05. The van der Waals surface area contributed by atoms with Gasteiger partial charge in [0.2, 0.25) is 0 Å². The van der Waals surface area contributed by atoms with Gasteiger partial charge in [0.05, 0.1) is 23.7 Å². The summed E-state index contributed by atoms with van der Waals surface area (Å²) in [4.78, 5) is 21.8. The Morgan fingerprint density at radius 3 is 2.42 bits per heavy atom. The number of aliphatic imine (C=N–C) groups is 1. The van der Waals surface area contributed by atoms with Crippen LogP contribution < -0.4 is 4.74 Å². The molecule has 0 atom stereocenters. The largest absolute Gasteiger partial charge is 0.495 e. The molecule has 3 fully saturated rings. The van der Waals surface area contributed by atoms with Crippen molar-refractivity contribution in [1.82, 2.24) is 9.47 Å². The number of ether oxygens (including phenoxy) is 1. The van der Waals surface area contributed by atoms with E-state index in [1.165, 1.54) is 38.5 Å². The highest BCUT2D eigenvalue weighted by molar-refractivity contribution is 8.18. The van der Waals surface area contributed by atoms with Crippen LogP contribution in [0.2, 0.25) is 5.02 Å². The van der Waals surface area contributed by atoms with E-state index in [2.05, 4.69) is 30.6 Å². The lowest BCUT2D eigenvalue weighted by atomic mass is 9.94. The van der Waals surface area contributed by atoms with E-state index in [4.69, 9.17) is 21.3 Å². The van der Waals surface area contributed by atoms with Gasteiger partial charge in [-0.2, -0.15) is 0 Å². The number of benzene rings is 1. The van der Waals surface area contributed by atoms with Gasteiger partial charge in [-0.05, 0) is 87.2 Å². The third kappa shape index (κ3) is 5.12. The maximum atomic E-state index is 13.8. The molecule has 0 radical (unpaired) electrons. The zero-order chi connectivity index (χ0) is 25.2. The van der Waals surface area contributed by atoms with Crippen LogP contribution in [0.25, 0.3) is 11.8 Å². The Labute approximate surface area is 223 Å². The Kier molecular flexibility index (Phi) is 7.82. The van der Waals surface area contributed by atoms with Gasteiger partial charge >= 0.3 is 0 Å². The predicted molar refractivity (Wildman–Crippen MR) is 150 cm³/mol. The third-order valence-electron chi connectivity index (χ3n) is 7.78. The molecule has 0 bridgehead atoms. The second-order valence-electron chi connectivity index (χ2n) is 10.3. The molecule has 1 amide bonds. The van der Waals surface area contributed by atoms with E-state index in [1.54, 1.807) is 18.9 Å². The van der Waals surface area contributed by atoms with E-state index >= 15 is 0 Å². The number of aryl methyl sites for hydroxylation is 1. The lowest BCUT2D eigenvalue weighted by molar-refractivity contribution is -0.124. The first-order chi connectivity index (χ1) is 17.5. The number of carbonyl (C=O) groups is 1. The van der Waals surface area contributed by atoms with Crippen LogP contribution in [0, 0.1) is 13.8 Å². The Bertz CT molecular complexity index is 1190. The number of halogens is 1. The highest BCUT2D eigenvalue weighted by Gasteiger charge is 2.39. The zero-order valence-corrected chi connectivity index (χ0v) is 23.1. The van der Waals surface area contributed by atoms with Crippen molar-refractivity contribution in [2.45, 2.75) is 90.1 Å². The normalized spacial score (nSPS) is 22.2. The average Bonchev–Trinajstić information content (AvgIpc) is 3.34. The number of thioether (sulfide) groups is 1. The topological polar surface area (TPSA) is 46.8 Å². The van der Waals surface area contributed by atoms with Gasteiger partial charge in [0.1, 0.15) is 5.75 Å². The smallest absolute Gasteiger partial charge is 0.267 e. The summed E-state index contributed by atoms with van der Waals surface area (Å²) in [5.74, 6) is 0.878. The van der Waals surface area contributed by atoms with E-state index < -0.39 is 0 Å². The molecule has 3 aliphatic rings. The Morgan fingerprint density at radius 2 is 1.72 bits per heavy atom. The fourth-order valence-corrected chi connectivity index (χ4v) is 7.15. The first kappa shape index (κ1) is 25.5. The minimum absolute atomic E-state index is 0.117. The van der Waals surface area contributed by atoms with Crippen LogP contribution in [0.3, 0.4) is 0 Å². The van der Waals surface area contributed by atoms with Gasteiger partial charge in [0.25, 0.3) is 5.91 Å². The van der Waals surface area contributed by atoms with Crippen molar-refractivity contribution in [3.05, 3.63) is 51.1 Å². The molecule has 1 aliphatic heterocycles. The maximum absolute atomic E-state index is 13.8. The standard InChI is InChI=1S/C29H36ClN3O2S/c1-19-16-21(20(2)32(19)25-18-22(30)14-15-26(25)35-3)17-27-28(34)33(24-12-8-5-9-13-24)29(36-27)31-23-10-6-4-7-11-23/h14-18,23-24H,4-13H2,1-3H3. The van der Waals surface area contributed by atoms with Crippen LogP contribution in [0.4, 0.5) is 0 Å². The van der Waals surface area contributed by atoms with Crippen molar-refractivity contribution in [2.24, 2.45) is 4.99 Å². The number of hydrogen-bond donors (Lipinski definition) is 0. The molecule has 0 unspecified atom stereocenters. The predicted octanol–water partition coefficient (Wildman–Crippen LogP) is 7.69. The summed E-state index contributed by atoms with van der Waals surface area (Å²) < 4.78 is 7.77. The Balaban J connectivity index is 1.50. The summed E-state index contributed by atoms with van der Waals surface area (Å²) in [6.45, 7) is 4.16. The molecule has 2 aromatic rings. The van der Waals surface area contributed by atoms with E-state index in [0.717, 1.165) is 64.1 Å². The van der Waals surface area contributed by atoms with Gasteiger partial charge in [-0.1, -0.05) is 50.1 Å². The molecule has 192 valence electrons. The van der Waals surface area contributed by atoms with Gasteiger partial charge in [-0.25, -0.2) is 0 Å². The fourth-order valence-electron chi connectivity index (χ4n) is 5.89. The van der Waals surface area contributed by atoms with E-state index in [1.807, 2.05) is 23.1 Å². The lowest BCUT2D eigenvalue weighted by Crippen LogP contribution is -2.41. The summed E-state index contributed by atoms with van der Waals surface area (Å²) in [6, 6.07) is 8.41. The minimum atomic E-state index is 0.117. The molecule has 1 saturated heterocycles. The number of methoxy groups -OCH3 is 1. The quantitative estimate of drug-likeness (QED) is 0.376. The van der Waals surface area contributed by atoms with Crippen molar-refractivity contribution in [3.63, 3.8) is 0 Å². The van der Waals surface area contributed by atoms with E-state index in [-0.39, 0.29) is 11.9 Å². The molecule has 36 heavy (non-hydrogen) atoms. The third-order valence-corrected chi connectivity index (χ3v) is 9.02. The number of rotatable bonds is 5. The van der Waals surface area contributed by atoms with Crippen LogP contribution in [0.15, 0.2) is 34.2 Å². The van der Waals surface area contributed by atoms with Gasteiger partial charge in [-0.3, -0.25) is 14.7 Å². The zero-order valence-electron chi connectivity index (χ0n) is 21.6. The Morgan fingerprint density at radius 1 is 1.03 bits per heavy atom. The second-order valence-corrected chi connectivity index (χ2v) is 11.7. The number of carbonyl (C=O) groups excluding carboxylic acids is 1. The SMILES string of the molecule is COc1ccc(Cl)cc1-n1c(C)cc(C=C2SC(=NC3CCCCC3)N(C3CCCCC3)C2=O)c1C. The van der Waals surface area contributed by atoms with Crippen molar-refractivity contribution >= 4 is 40.5 Å². The van der Waals surface area contributed by atoms with E-state index in [9.17, 15) is 4.79 Å². The second kappa shape index (κ2) is 11.1. The number of amidine groups is 1. The summed E-state index contributed by atoms with van der Waals surface area (Å²) in [7, 11) is 1.67. The number of nitrogens with zero attached hydrogens (tertiary/aromatic N) is 3. The van der Waals surface area contributed by atoms with Crippen LogP contribution in [-0.2, 0) is 4.79 Å². The van der Waals surface area contributed by atoms with Crippen LogP contribution in [0.5, 0.6) is 5.75 Å². The maximum Gasteiger partial charge on any atom is 0.267 e. The van der Waals surface area contributed by atoms with E-state index in [0.29, 0.717) is 11.1 Å². The van der Waals surface area contributed by atoms with Crippen molar-refractivity contribution in [2.75, 3.05) is 7.11 Å². The Hall–Kier alpha value is -2.18. The van der Waals surface area contributed by atoms with Gasteiger partial charge in [0.15, 0.2) is 5.17 Å². The first-order valence-corrected chi connectivity index (χ1v) is 14.5. The minimum Gasteiger partial charge on any atom is -0.495 e. The highest BCUT2D eigenvalue weighted by atomic mass is 35.5. The molecule has 2 saturated carbocycles. The molecular weight excluding hydrogens is 490 g/mol. The van der Waals surface area contributed by atoms with Crippen molar-refractivity contribution < 1.29 is 9.53 Å². The van der Waals surface area contributed by atoms with Gasteiger partial charge < -0.3 is 9.30 Å². The molecule has 1 aromatic carbocycles. The number of aromatic nitrogens is 1. The van der Waals surface area contributed by atoms with Gasteiger partial charge in [-0.15, -0.1) is 0 Å². The summed E-state index contributed by atoms with van der Waals surface area (Å²) in [6.07, 6.45) is 13.9. The first-order valence-electron chi connectivity index (χ1n) is 13.3. The molecule has 5 rings (SSSR count). The average molecular weight is 526 g/mol. The number of hydrogen-bond acceptors (Lipinski definition) is 4. The summed E-state index contributed by atoms with van der Waals surface area (Å²) in [5, 5.41) is 1.58.